The second-order valence-electron chi connectivity index (χ2n) is 8.87. The third kappa shape index (κ3) is 4.50. The summed E-state index contributed by atoms with van der Waals surface area (Å²) in [7, 11) is 0.589. The van der Waals surface area contributed by atoms with Crippen LogP contribution in [0.4, 0.5) is 17.5 Å². The zero-order valence-corrected chi connectivity index (χ0v) is 20.2. The lowest BCUT2D eigenvalue weighted by molar-refractivity contribution is -0.151. The van der Waals surface area contributed by atoms with Crippen molar-refractivity contribution < 1.29 is 14.4 Å². The van der Waals surface area contributed by atoms with Crippen molar-refractivity contribution >= 4 is 31.6 Å². The Hall–Kier alpha value is -3.02. The predicted octanol–water partition coefficient (Wildman–Crippen LogP) is 4.69. The van der Waals surface area contributed by atoms with E-state index in [1.807, 2.05) is 60.7 Å². The molecule has 2 heterocycles. The van der Waals surface area contributed by atoms with Gasteiger partial charge in [0.2, 0.25) is 5.95 Å². The first kappa shape index (κ1) is 22.8. The maximum Gasteiger partial charge on any atom is 0.316 e. The van der Waals surface area contributed by atoms with Crippen LogP contribution in [-0.4, -0.2) is 53.4 Å². The van der Waals surface area contributed by atoms with Gasteiger partial charge in [0.05, 0.1) is 18.2 Å². The highest BCUT2D eigenvalue weighted by Gasteiger charge is 2.46. The normalized spacial score (nSPS) is 17.6. The number of aromatic nitrogens is 2. The second kappa shape index (κ2) is 9.69. The summed E-state index contributed by atoms with van der Waals surface area (Å²) in [4.78, 5) is 34.1. The molecule has 1 saturated carbocycles. The Labute approximate surface area is 201 Å². The number of methoxy groups -OCH3 is 1. The molecule has 8 heteroatoms. The van der Waals surface area contributed by atoms with Crippen LogP contribution in [0.25, 0.3) is 11.3 Å². The lowest BCUT2D eigenvalue weighted by Crippen LogP contribution is -2.43. The highest BCUT2D eigenvalue weighted by Crippen LogP contribution is 2.45. The molecule has 2 fully saturated rings. The molecule has 5 rings (SSSR count). The van der Waals surface area contributed by atoms with Gasteiger partial charge in [-0.05, 0) is 30.5 Å². The van der Waals surface area contributed by atoms with Crippen molar-refractivity contribution in [3.8, 4) is 11.3 Å². The summed E-state index contributed by atoms with van der Waals surface area (Å²) in [6, 6.07) is 20.0. The number of anilines is 3. The van der Waals surface area contributed by atoms with Crippen molar-refractivity contribution in [2.75, 3.05) is 42.7 Å². The largest absolute Gasteiger partial charge is 0.468 e. The smallest absolute Gasteiger partial charge is 0.316 e. The molecule has 2 aromatic carbocycles. The van der Waals surface area contributed by atoms with E-state index in [2.05, 4.69) is 10.2 Å². The average Bonchev–Trinajstić information content (AvgIpc) is 2.85. The Morgan fingerprint density at radius 3 is 2.38 bits per heavy atom. The minimum atomic E-state index is -0.869. The summed E-state index contributed by atoms with van der Waals surface area (Å²) >= 11 is 0. The van der Waals surface area contributed by atoms with Gasteiger partial charge in [-0.1, -0.05) is 48.9 Å². The van der Waals surface area contributed by atoms with Crippen molar-refractivity contribution in [2.24, 2.45) is 0 Å². The van der Waals surface area contributed by atoms with E-state index in [9.17, 15) is 9.69 Å². The fraction of sp³-hybridized carbons (Fsp3) is 0.346. The first-order chi connectivity index (χ1) is 16.6. The molecule has 0 radical (unpaired) electrons. The van der Waals surface area contributed by atoms with Gasteiger partial charge in [0, 0.05) is 50.9 Å². The first-order valence-corrected chi connectivity index (χ1v) is 13.3. The zero-order chi connectivity index (χ0) is 23.5. The molecular weight excluding hydrogens is 447 g/mol. The van der Waals surface area contributed by atoms with Crippen LogP contribution in [0, 0.1) is 0 Å². The van der Waals surface area contributed by atoms with Crippen LogP contribution in [0.5, 0.6) is 0 Å². The predicted molar refractivity (Wildman–Crippen MR) is 136 cm³/mol. The van der Waals surface area contributed by atoms with Gasteiger partial charge in [-0.3, -0.25) is 4.79 Å². The maximum atomic E-state index is 12.4. The van der Waals surface area contributed by atoms with Gasteiger partial charge in [0.15, 0.2) is 0 Å². The first-order valence-electron chi connectivity index (χ1n) is 11.7. The van der Waals surface area contributed by atoms with E-state index in [0.29, 0.717) is 11.8 Å². The third-order valence-electron chi connectivity index (χ3n) is 6.82. The van der Waals surface area contributed by atoms with Gasteiger partial charge in [-0.25, -0.2) is 4.98 Å². The number of rotatable bonds is 6. The third-order valence-corrected chi connectivity index (χ3v) is 8.25. The highest BCUT2D eigenvalue weighted by atomic mass is 31.1. The Bertz CT molecular complexity index is 1140. The lowest BCUT2D eigenvalue weighted by Gasteiger charge is -2.39. The molecule has 0 amide bonds. The molecule has 2 N–H and O–H groups in total. The van der Waals surface area contributed by atoms with Crippen molar-refractivity contribution in [3.05, 3.63) is 66.2 Å². The molecule has 2 aliphatic rings. The summed E-state index contributed by atoms with van der Waals surface area (Å²) < 4.78 is 5.08. The van der Waals surface area contributed by atoms with Gasteiger partial charge in [-0.2, -0.15) is 4.98 Å². The average molecular weight is 477 g/mol. The Balaban J connectivity index is 1.42. The number of ether oxygens (including phenoxy) is 1. The molecule has 176 valence electrons. The molecule has 1 aliphatic heterocycles. The van der Waals surface area contributed by atoms with E-state index < -0.39 is 13.6 Å². The van der Waals surface area contributed by atoms with Crippen LogP contribution in [0.15, 0.2) is 60.7 Å². The van der Waals surface area contributed by atoms with Crippen LogP contribution >= 0.6 is 8.15 Å². The summed E-state index contributed by atoms with van der Waals surface area (Å²) in [5, 5.41) is 3.42. The number of carbonyl (C=O) groups excluding carboxylic acids is 1. The standard InChI is InChI=1S/C26H29N4O3P/c1-33-24(31)26(12-5-13-26)20-8-10-21(11-9-20)27-23-18-22(19-6-3-2-4-7-19)28-25(29-23)30-14-16-34(32)17-15-30/h2-4,6-11,18,32H,5,12-17H2,1H3,(H,27,28,29). The second-order valence-corrected chi connectivity index (χ2v) is 10.8. The number of hydrogen-bond acceptors (Lipinski definition) is 7. The van der Waals surface area contributed by atoms with Crippen molar-refractivity contribution in [1.82, 2.24) is 9.97 Å². The van der Waals surface area contributed by atoms with Gasteiger partial charge in [0.25, 0.3) is 0 Å². The van der Waals surface area contributed by atoms with Gasteiger partial charge < -0.3 is 19.8 Å². The molecule has 7 nitrogen and oxygen atoms in total. The van der Waals surface area contributed by atoms with Gasteiger partial charge >= 0.3 is 5.97 Å². The number of carbonyl (C=O) groups is 1. The molecule has 1 saturated heterocycles. The Morgan fingerprint density at radius 2 is 1.76 bits per heavy atom. The fourth-order valence-electron chi connectivity index (χ4n) is 4.65. The Kier molecular flexibility index (Phi) is 6.48. The van der Waals surface area contributed by atoms with E-state index in [-0.39, 0.29) is 5.97 Å². The Morgan fingerprint density at radius 1 is 1.06 bits per heavy atom. The monoisotopic (exact) mass is 476 g/mol. The quantitative estimate of drug-likeness (QED) is 0.394. The number of esters is 1. The molecule has 0 bridgehead atoms. The van der Waals surface area contributed by atoms with Crippen LogP contribution in [-0.2, 0) is 14.9 Å². The van der Waals surface area contributed by atoms with Crippen molar-refractivity contribution in [2.45, 2.75) is 24.7 Å². The topological polar surface area (TPSA) is 87.6 Å². The van der Waals surface area contributed by atoms with Crippen molar-refractivity contribution in [1.29, 1.82) is 0 Å². The highest BCUT2D eigenvalue weighted by molar-refractivity contribution is 7.51. The number of nitrogens with zero attached hydrogens (tertiary/aromatic N) is 3. The molecule has 3 aromatic rings. The summed E-state index contributed by atoms with van der Waals surface area (Å²) in [5.74, 6) is 1.22. The summed E-state index contributed by atoms with van der Waals surface area (Å²) in [5.41, 5.74) is 3.26. The van der Waals surface area contributed by atoms with Gasteiger partial charge in [-0.15, -0.1) is 0 Å². The van der Waals surface area contributed by atoms with E-state index >= 15 is 0 Å². The van der Waals surface area contributed by atoms with Gasteiger partial charge in [0.1, 0.15) is 5.82 Å². The summed E-state index contributed by atoms with van der Waals surface area (Å²) in [6.07, 6.45) is 4.25. The molecule has 0 unspecified atom stereocenters. The molecule has 0 spiro atoms. The van der Waals surface area contributed by atoms with Crippen LogP contribution < -0.4 is 10.2 Å². The minimum Gasteiger partial charge on any atom is -0.468 e. The molecule has 1 aliphatic carbocycles. The molecular formula is C26H29N4O3P. The number of benzene rings is 2. The van der Waals surface area contributed by atoms with Crippen molar-refractivity contribution in [3.63, 3.8) is 0 Å². The molecule has 0 atom stereocenters. The van der Waals surface area contributed by atoms with Crippen LogP contribution in [0.2, 0.25) is 0 Å². The van der Waals surface area contributed by atoms with Crippen LogP contribution in [0.1, 0.15) is 24.8 Å². The maximum absolute atomic E-state index is 12.4. The summed E-state index contributed by atoms with van der Waals surface area (Å²) in [6.45, 7) is 1.51. The lowest BCUT2D eigenvalue weighted by atomic mass is 9.64. The molecule has 34 heavy (non-hydrogen) atoms. The number of hydrogen-bond donors (Lipinski definition) is 2. The minimum absolute atomic E-state index is 0.152. The van der Waals surface area contributed by atoms with E-state index in [4.69, 9.17) is 14.7 Å². The molecule has 1 aromatic heterocycles. The van der Waals surface area contributed by atoms with E-state index in [1.165, 1.54) is 7.11 Å². The fourth-order valence-corrected chi connectivity index (χ4v) is 5.82. The van der Waals surface area contributed by atoms with Crippen LogP contribution in [0.3, 0.4) is 0 Å². The zero-order valence-electron chi connectivity index (χ0n) is 19.3. The van der Waals surface area contributed by atoms with E-state index in [1.54, 1.807) is 0 Å². The SMILES string of the molecule is COC(=O)C1(c2ccc(Nc3cc(-c4ccccc4)nc(N4CCP(O)CC4)n3)cc2)CCC1. The van der Waals surface area contributed by atoms with E-state index in [0.717, 1.165) is 67.2 Å². The number of nitrogens with one attached hydrogen (secondary N) is 1.